The fraction of sp³-hybridized carbons (Fsp3) is 0.250. The summed E-state index contributed by atoms with van der Waals surface area (Å²) < 4.78 is -0.813. The largest absolute Gasteiger partial charge is 1.00 e. The number of guanidine groups is 1. The van der Waals surface area contributed by atoms with Crippen LogP contribution < -0.4 is 45.9 Å². The smallest absolute Gasteiger partial charge is 0.774 e. The van der Waals surface area contributed by atoms with Gasteiger partial charge in [0.05, 0.1) is 11.0 Å². The number of fused-ring (bicyclic) bond motifs is 2. The van der Waals surface area contributed by atoms with Crippen molar-refractivity contribution in [3.05, 3.63) is 28.3 Å². The topological polar surface area (TPSA) is 67.8 Å². The van der Waals surface area contributed by atoms with Gasteiger partial charge in [-0.15, -0.1) is 0 Å². The summed E-state index contributed by atoms with van der Waals surface area (Å²) in [6.07, 6.45) is 2.17. The van der Waals surface area contributed by atoms with E-state index < -0.39 is 4.75 Å². The zero-order valence-electron chi connectivity index (χ0n) is 10.2. The fourth-order valence-corrected chi connectivity index (χ4v) is 2.30. The molecular weight excluding hydrogens is 257 g/mol. The molecule has 1 aliphatic carbocycles. The third-order valence-corrected chi connectivity index (χ3v) is 3.39. The second-order valence-corrected chi connectivity index (χ2v) is 5.32. The first-order valence-electron chi connectivity index (χ1n) is 5.28. The first-order chi connectivity index (χ1) is 7.95. The SMILES string of the molecule is CC1([S-])C=c2cc3c(cc2CC1=O)=NC(N)=N3.[Na+]. The summed E-state index contributed by atoms with van der Waals surface area (Å²) in [5.74, 6) is 0.307. The molecule has 3 rings (SSSR count). The fourth-order valence-electron chi connectivity index (χ4n) is 2.10. The molecule has 0 amide bonds. The maximum absolute atomic E-state index is 11.8. The van der Waals surface area contributed by atoms with E-state index in [4.69, 9.17) is 18.4 Å². The van der Waals surface area contributed by atoms with E-state index in [9.17, 15) is 4.79 Å². The second-order valence-electron chi connectivity index (χ2n) is 4.47. The summed E-state index contributed by atoms with van der Waals surface area (Å²) in [6, 6.07) is 3.76. The van der Waals surface area contributed by atoms with Crippen molar-refractivity contribution < 1.29 is 34.4 Å². The standard InChI is InChI=1S/C12H11N3OS.Na/c1-12(17)5-7-3-9-8(14-11(13)15-9)2-6(7)4-10(12)16;/h2-3,5,17H,4H2,1H3,(H2,13,15);/q;+1/p-1. The van der Waals surface area contributed by atoms with Crippen LogP contribution in [0.1, 0.15) is 12.5 Å². The maximum atomic E-state index is 11.8. The van der Waals surface area contributed by atoms with E-state index in [-0.39, 0.29) is 41.3 Å². The molecule has 1 atom stereocenters. The molecule has 1 aromatic carbocycles. The zero-order valence-corrected chi connectivity index (χ0v) is 13.0. The zero-order chi connectivity index (χ0) is 12.2. The van der Waals surface area contributed by atoms with Crippen molar-refractivity contribution in [3.63, 3.8) is 0 Å². The third kappa shape index (κ3) is 2.16. The van der Waals surface area contributed by atoms with Crippen LogP contribution in [0.5, 0.6) is 0 Å². The van der Waals surface area contributed by atoms with Gasteiger partial charge < -0.3 is 23.2 Å². The minimum atomic E-state index is -0.813. The molecule has 18 heavy (non-hydrogen) atoms. The molecule has 0 saturated heterocycles. The van der Waals surface area contributed by atoms with Gasteiger partial charge in [0.15, 0.2) is 0 Å². The predicted octanol–water partition coefficient (Wildman–Crippen LogP) is -3.52. The van der Waals surface area contributed by atoms with Crippen LogP contribution in [0, 0.1) is 0 Å². The Balaban J connectivity index is 0.00000120. The number of benzene rings is 1. The van der Waals surface area contributed by atoms with Crippen molar-refractivity contribution in [2.45, 2.75) is 18.1 Å². The van der Waals surface area contributed by atoms with Crippen LogP contribution in [-0.4, -0.2) is 16.5 Å². The van der Waals surface area contributed by atoms with Crippen molar-refractivity contribution in [2.24, 2.45) is 15.7 Å². The summed E-state index contributed by atoms with van der Waals surface area (Å²) in [5.41, 5.74) is 7.25. The van der Waals surface area contributed by atoms with Crippen molar-refractivity contribution in [1.82, 2.24) is 0 Å². The first-order valence-corrected chi connectivity index (χ1v) is 5.69. The number of hydrogen-bond acceptors (Lipinski definition) is 5. The van der Waals surface area contributed by atoms with Crippen LogP contribution in [0.15, 0.2) is 22.1 Å². The van der Waals surface area contributed by atoms with Gasteiger partial charge in [0.1, 0.15) is 5.78 Å². The molecule has 0 saturated carbocycles. The van der Waals surface area contributed by atoms with Gasteiger partial charge >= 0.3 is 29.6 Å². The van der Waals surface area contributed by atoms with Crippen molar-refractivity contribution in [3.8, 4) is 0 Å². The number of rotatable bonds is 0. The molecule has 0 radical (unpaired) electrons. The van der Waals surface area contributed by atoms with E-state index in [1.165, 1.54) is 0 Å². The molecule has 1 aliphatic heterocycles. The summed E-state index contributed by atoms with van der Waals surface area (Å²) in [7, 11) is 0. The van der Waals surface area contributed by atoms with Crippen molar-refractivity contribution >= 4 is 36.1 Å². The molecule has 1 aromatic rings. The van der Waals surface area contributed by atoms with Crippen LogP contribution >= 0.6 is 0 Å². The van der Waals surface area contributed by atoms with Gasteiger partial charge in [0.2, 0.25) is 5.96 Å². The van der Waals surface area contributed by atoms with E-state index >= 15 is 0 Å². The maximum Gasteiger partial charge on any atom is 1.00 e. The number of aliphatic imine (C=N–C) groups is 1. The molecule has 86 valence electrons. The van der Waals surface area contributed by atoms with Gasteiger partial charge in [0, 0.05) is 6.42 Å². The molecule has 2 aliphatic rings. The van der Waals surface area contributed by atoms with E-state index in [0.717, 1.165) is 21.8 Å². The number of nitrogens with zero attached hydrogens (tertiary/aromatic N) is 2. The molecule has 1 unspecified atom stereocenters. The van der Waals surface area contributed by atoms with E-state index in [1.807, 2.05) is 18.2 Å². The first kappa shape index (κ1) is 13.8. The molecule has 2 N–H and O–H groups in total. The summed E-state index contributed by atoms with van der Waals surface area (Å²) in [6.45, 7) is 1.75. The number of hydrogen-bond donors (Lipinski definition) is 1. The normalized spacial score (nSPS) is 24.1. The van der Waals surface area contributed by atoms with Crippen molar-refractivity contribution in [1.29, 1.82) is 0 Å². The molecular formula is C12H10N3NaOS. The Bertz CT molecular complexity index is 694. The summed E-state index contributed by atoms with van der Waals surface area (Å²) >= 11 is 5.26. The third-order valence-electron chi connectivity index (χ3n) is 3.04. The van der Waals surface area contributed by atoms with Gasteiger partial charge in [-0.2, -0.15) is 0 Å². The Kier molecular flexibility index (Phi) is 3.44. The average molecular weight is 267 g/mol. The quantitative estimate of drug-likeness (QED) is 0.391. The number of nitrogens with two attached hydrogens (primary N) is 1. The monoisotopic (exact) mass is 267 g/mol. The molecule has 1 heterocycles. The number of carbonyl (C=O) groups is 1. The Morgan fingerprint density at radius 1 is 1.39 bits per heavy atom. The summed E-state index contributed by atoms with van der Waals surface area (Å²) in [5, 5.41) is 1.70. The molecule has 6 heteroatoms. The predicted molar refractivity (Wildman–Crippen MR) is 67.5 cm³/mol. The van der Waals surface area contributed by atoms with Gasteiger partial charge in [-0.3, -0.25) is 0 Å². The molecule has 4 nitrogen and oxygen atoms in total. The van der Waals surface area contributed by atoms with Crippen LogP contribution in [0.4, 0.5) is 5.69 Å². The second kappa shape index (κ2) is 4.49. The van der Waals surface area contributed by atoms with Crippen LogP contribution in [-0.2, 0) is 23.8 Å². The van der Waals surface area contributed by atoms with Gasteiger partial charge in [-0.05, 0) is 22.9 Å². The minimum Gasteiger partial charge on any atom is -0.774 e. The van der Waals surface area contributed by atoms with Crippen LogP contribution in [0.2, 0.25) is 0 Å². The van der Waals surface area contributed by atoms with Gasteiger partial charge in [-0.25, -0.2) is 9.98 Å². The van der Waals surface area contributed by atoms with Crippen LogP contribution in [0.25, 0.3) is 6.08 Å². The summed E-state index contributed by atoms with van der Waals surface area (Å²) in [4.78, 5) is 20.0. The Labute approximate surface area is 132 Å². The molecule has 0 spiro atoms. The van der Waals surface area contributed by atoms with Gasteiger partial charge in [0.25, 0.3) is 0 Å². The average Bonchev–Trinajstić information content (AvgIpc) is 2.55. The molecule has 0 fully saturated rings. The number of carbonyl (C=O) groups excluding carboxylic acids is 1. The van der Waals surface area contributed by atoms with E-state index in [0.29, 0.717) is 6.42 Å². The number of ketones is 1. The minimum absolute atomic E-state index is 0. The number of Topliss-reactive ketones (excluding diaryl/α,β-unsaturated/α-hetero) is 1. The Hall–Kier alpha value is -0.620. The van der Waals surface area contributed by atoms with Crippen LogP contribution in [0.3, 0.4) is 0 Å². The van der Waals surface area contributed by atoms with E-state index in [1.54, 1.807) is 6.92 Å². The van der Waals surface area contributed by atoms with Crippen molar-refractivity contribution in [2.75, 3.05) is 0 Å². The molecule has 0 bridgehead atoms. The van der Waals surface area contributed by atoms with Gasteiger partial charge in [-0.1, -0.05) is 17.7 Å². The van der Waals surface area contributed by atoms with E-state index in [2.05, 4.69) is 9.98 Å². The molecule has 0 aromatic heterocycles. The Morgan fingerprint density at radius 2 is 2.11 bits per heavy atom. The Morgan fingerprint density at radius 3 is 2.83 bits per heavy atom.